The number of nitrogens with zero attached hydrogens (tertiary/aromatic N) is 3. The number of likely N-dealkylation sites (N-methyl/N-ethyl adjacent to an activating group) is 1. The molecule has 0 radical (unpaired) electrons. The van der Waals surface area contributed by atoms with E-state index in [0.717, 1.165) is 10.9 Å². The van der Waals surface area contributed by atoms with Crippen LogP contribution in [0.4, 0.5) is 0 Å². The molecule has 1 N–H and O–H groups in total. The molecule has 0 fully saturated rings. The molecule has 0 spiro atoms. The first kappa shape index (κ1) is 12.6. The number of fused-ring (bicyclic) bond motifs is 1. The van der Waals surface area contributed by atoms with Crippen molar-refractivity contribution in [1.29, 1.82) is 0 Å². The van der Waals surface area contributed by atoms with Crippen molar-refractivity contribution >= 4 is 16.8 Å². The van der Waals surface area contributed by atoms with Crippen molar-refractivity contribution in [2.45, 2.75) is 6.92 Å². The minimum atomic E-state index is -0.136. The van der Waals surface area contributed by atoms with Crippen molar-refractivity contribution < 1.29 is 9.90 Å². The van der Waals surface area contributed by atoms with Crippen molar-refractivity contribution in [1.82, 2.24) is 14.7 Å². The summed E-state index contributed by atoms with van der Waals surface area (Å²) in [6.45, 7) is 2.74. The second-order valence-electron chi connectivity index (χ2n) is 4.10. The number of para-hydroxylation sites is 1. The van der Waals surface area contributed by atoms with Crippen LogP contribution >= 0.6 is 0 Å². The van der Waals surface area contributed by atoms with Gasteiger partial charge in [0.25, 0.3) is 5.91 Å². The van der Waals surface area contributed by atoms with Crippen molar-refractivity contribution in [3.63, 3.8) is 0 Å². The normalized spacial score (nSPS) is 10.8. The minimum absolute atomic E-state index is 0.0374. The van der Waals surface area contributed by atoms with Gasteiger partial charge in [-0.15, -0.1) is 0 Å². The Hall–Kier alpha value is -1.88. The van der Waals surface area contributed by atoms with E-state index in [9.17, 15) is 4.79 Å². The summed E-state index contributed by atoms with van der Waals surface area (Å²) >= 11 is 0. The number of benzene rings is 1. The number of hydrogen-bond donors (Lipinski definition) is 1. The summed E-state index contributed by atoms with van der Waals surface area (Å²) in [5.74, 6) is -0.136. The zero-order valence-corrected chi connectivity index (χ0v) is 10.6. The lowest BCUT2D eigenvalue weighted by molar-refractivity contribution is 0.0727. The fraction of sp³-hybridized carbons (Fsp3) is 0.385. The highest BCUT2D eigenvalue weighted by Gasteiger charge is 2.20. The summed E-state index contributed by atoms with van der Waals surface area (Å²) in [5, 5.41) is 14.1. The molecule has 0 saturated carbocycles. The SMILES string of the molecule is CCN(CCO)C(=O)c1nn(C)c2ccccc12. The number of hydrogen-bond acceptors (Lipinski definition) is 3. The predicted molar refractivity (Wildman–Crippen MR) is 69.4 cm³/mol. The van der Waals surface area contributed by atoms with Crippen LogP contribution in [0.1, 0.15) is 17.4 Å². The number of aliphatic hydroxyl groups excluding tert-OH is 1. The van der Waals surface area contributed by atoms with E-state index in [2.05, 4.69) is 5.10 Å². The third kappa shape index (κ3) is 2.09. The highest BCUT2D eigenvalue weighted by molar-refractivity contribution is 6.04. The van der Waals surface area contributed by atoms with Crippen molar-refractivity contribution in [3.05, 3.63) is 30.0 Å². The van der Waals surface area contributed by atoms with Gasteiger partial charge in [0.05, 0.1) is 12.1 Å². The van der Waals surface area contributed by atoms with Gasteiger partial charge in [0.2, 0.25) is 0 Å². The second-order valence-corrected chi connectivity index (χ2v) is 4.10. The second kappa shape index (κ2) is 5.18. The number of amides is 1. The molecule has 0 saturated heterocycles. The third-order valence-corrected chi connectivity index (χ3v) is 3.00. The first-order valence-corrected chi connectivity index (χ1v) is 6.01. The smallest absolute Gasteiger partial charge is 0.275 e. The van der Waals surface area contributed by atoms with Gasteiger partial charge in [-0.1, -0.05) is 18.2 Å². The van der Waals surface area contributed by atoms with Gasteiger partial charge in [-0.2, -0.15) is 5.10 Å². The molecule has 0 aliphatic carbocycles. The molecule has 1 heterocycles. The average Bonchev–Trinajstić information content (AvgIpc) is 2.73. The molecule has 1 amide bonds. The Morgan fingerprint density at radius 1 is 1.44 bits per heavy atom. The number of carbonyl (C=O) groups is 1. The first-order chi connectivity index (χ1) is 8.69. The maximum atomic E-state index is 12.3. The van der Waals surface area contributed by atoms with Crippen LogP contribution < -0.4 is 0 Å². The molecule has 96 valence electrons. The third-order valence-electron chi connectivity index (χ3n) is 3.00. The summed E-state index contributed by atoms with van der Waals surface area (Å²) in [6, 6.07) is 7.64. The topological polar surface area (TPSA) is 58.4 Å². The summed E-state index contributed by atoms with van der Waals surface area (Å²) in [5.41, 5.74) is 1.38. The molecule has 1 aromatic carbocycles. The molecular formula is C13H17N3O2. The molecule has 5 nitrogen and oxygen atoms in total. The Morgan fingerprint density at radius 3 is 2.83 bits per heavy atom. The summed E-state index contributed by atoms with van der Waals surface area (Å²) < 4.78 is 1.70. The molecular weight excluding hydrogens is 230 g/mol. The first-order valence-electron chi connectivity index (χ1n) is 6.01. The number of aliphatic hydroxyl groups is 1. The monoisotopic (exact) mass is 247 g/mol. The molecule has 0 atom stereocenters. The van der Waals surface area contributed by atoms with Crippen LogP contribution in [0.5, 0.6) is 0 Å². The highest BCUT2D eigenvalue weighted by atomic mass is 16.3. The molecule has 0 aliphatic heterocycles. The Labute approximate surface area is 106 Å². The Bertz CT molecular complexity index is 562. The van der Waals surface area contributed by atoms with E-state index in [4.69, 9.17) is 5.11 Å². The summed E-state index contributed by atoms with van der Waals surface area (Å²) in [7, 11) is 1.82. The lowest BCUT2D eigenvalue weighted by Gasteiger charge is -2.18. The van der Waals surface area contributed by atoms with Crippen LogP contribution in [0.2, 0.25) is 0 Å². The molecule has 2 aromatic rings. The molecule has 1 aromatic heterocycles. The predicted octanol–water partition coefficient (Wildman–Crippen LogP) is 1.03. The van der Waals surface area contributed by atoms with Crippen LogP contribution in [-0.2, 0) is 7.05 Å². The molecule has 18 heavy (non-hydrogen) atoms. The number of carbonyl (C=O) groups excluding carboxylic acids is 1. The number of aryl methyl sites for hydroxylation is 1. The van der Waals surface area contributed by atoms with E-state index >= 15 is 0 Å². The van der Waals surface area contributed by atoms with E-state index in [-0.39, 0.29) is 12.5 Å². The quantitative estimate of drug-likeness (QED) is 0.877. The number of rotatable bonds is 4. The Morgan fingerprint density at radius 2 is 2.17 bits per heavy atom. The highest BCUT2D eigenvalue weighted by Crippen LogP contribution is 2.18. The van der Waals surface area contributed by atoms with Crippen LogP contribution in [0.3, 0.4) is 0 Å². The van der Waals surface area contributed by atoms with Crippen LogP contribution in [0, 0.1) is 0 Å². The van der Waals surface area contributed by atoms with Crippen LogP contribution in [0.25, 0.3) is 10.9 Å². The van der Waals surface area contributed by atoms with E-state index in [0.29, 0.717) is 18.8 Å². The van der Waals surface area contributed by atoms with Gasteiger partial charge in [-0.05, 0) is 13.0 Å². The zero-order valence-electron chi connectivity index (χ0n) is 10.6. The van der Waals surface area contributed by atoms with Gasteiger partial charge in [-0.3, -0.25) is 9.48 Å². The lowest BCUT2D eigenvalue weighted by atomic mass is 10.2. The van der Waals surface area contributed by atoms with Crippen molar-refractivity contribution in [2.24, 2.45) is 7.05 Å². The Kier molecular flexibility index (Phi) is 3.62. The van der Waals surface area contributed by atoms with Gasteiger partial charge in [-0.25, -0.2) is 0 Å². The lowest BCUT2D eigenvalue weighted by Crippen LogP contribution is -2.33. The van der Waals surface area contributed by atoms with Gasteiger partial charge < -0.3 is 10.0 Å². The standard InChI is InChI=1S/C13H17N3O2/c1-3-16(8-9-17)13(18)12-10-6-4-5-7-11(10)15(2)14-12/h4-7,17H,3,8-9H2,1-2H3. The van der Waals surface area contributed by atoms with Gasteiger partial charge >= 0.3 is 0 Å². The average molecular weight is 247 g/mol. The van der Waals surface area contributed by atoms with E-state index < -0.39 is 0 Å². The fourth-order valence-corrected chi connectivity index (χ4v) is 2.05. The Balaban J connectivity index is 2.44. The maximum Gasteiger partial charge on any atom is 0.275 e. The van der Waals surface area contributed by atoms with Crippen molar-refractivity contribution in [3.8, 4) is 0 Å². The molecule has 2 rings (SSSR count). The van der Waals surface area contributed by atoms with E-state index in [1.54, 1.807) is 9.58 Å². The van der Waals surface area contributed by atoms with Gasteiger partial charge in [0, 0.05) is 25.5 Å². The summed E-state index contributed by atoms with van der Waals surface area (Å²) in [6.07, 6.45) is 0. The summed E-state index contributed by atoms with van der Waals surface area (Å²) in [4.78, 5) is 13.9. The fourth-order valence-electron chi connectivity index (χ4n) is 2.05. The zero-order chi connectivity index (χ0) is 13.1. The van der Waals surface area contributed by atoms with Gasteiger partial charge in [0.15, 0.2) is 5.69 Å². The molecule has 0 unspecified atom stereocenters. The number of aromatic nitrogens is 2. The van der Waals surface area contributed by atoms with Gasteiger partial charge in [0.1, 0.15) is 0 Å². The van der Waals surface area contributed by atoms with Crippen molar-refractivity contribution in [2.75, 3.05) is 19.7 Å². The largest absolute Gasteiger partial charge is 0.395 e. The van der Waals surface area contributed by atoms with E-state index in [1.807, 2.05) is 38.2 Å². The minimum Gasteiger partial charge on any atom is -0.395 e. The molecule has 5 heteroatoms. The van der Waals surface area contributed by atoms with Crippen LogP contribution in [-0.4, -0.2) is 45.4 Å². The molecule has 0 aliphatic rings. The van der Waals surface area contributed by atoms with E-state index in [1.165, 1.54) is 0 Å². The van der Waals surface area contributed by atoms with Crippen LogP contribution in [0.15, 0.2) is 24.3 Å². The molecule has 0 bridgehead atoms. The maximum absolute atomic E-state index is 12.3.